The standard InChI is InChI=1S/C22H27FN2O3/c1-16(2)13-24-22(27)17(3)25(14-18-9-11-19(23)12-10-18)21(26)15-28-20-7-5-4-6-8-20/h4-12,16-17H,13-15H2,1-3H3,(H,24,27)/t17-/m0/s1. The molecule has 1 atom stereocenters. The maximum Gasteiger partial charge on any atom is 0.261 e. The number of carbonyl (C=O) groups excluding carboxylic acids is 2. The highest BCUT2D eigenvalue weighted by Gasteiger charge is 2.26. The first-order valence-corrected chi connectivity index (χ1v) is 9.36. The molecule has 0 aliphatic carbocycles. The molecule has 0 aromatic heterocycles. The molecule has 150 valence electrons. The van der Waals surface area contributed by atoms with E-state index in [2.05, 4.69) is 5.32 Å². The Balaban J connectivity index is 2.10. The minimum atomic E-state index is -0.685. The summed E-state index contributed by atoms with van der Waals surface area (Å²) in [6, 6.07) is 14.2. The van der Waals surface area contributed by atoms with Crippen LogP contribution in [0.4, 0.5) is 4.39 Å². The Hall–Kier alpha value is -2.89. The van der Waals surface area contributed by atoms with Crippen LogP contribution in [-0.4, -0.2) is 35.9 Å². The van der Waals surface area contributed by atoms with Gasteiger partial charge in [0.05, 0.1) is 0 Å². The second kappa shape index (κ2) is 10.4. The Morgan fingerprint density at radius 3 is 2.29 bits per heavy atom. The fourth-order valence-electron chi connectivity index (χ4n) is 2.57. The number of carbonyl (C=O) groups is 2. The molecule has 0 bridgehead atoms. The monoisotopic (exact) mass is 386 g/mol. The molecule has 2 aromatic carbocycles. The number of nitrogens with one attached hydrogen (secondary N) is 1. The van der Waals surface area contributed by atoms with E-state index in [9.17, 15) is 14.0 Å². The predicted molar refractivity (Wildman–Crippen MR) is 106 cm³/mol. The lowest BCUT2D eigenvalue weighted by Gasteiger charge is -2.29. The van der Waals surface area contributed by atoms with E-state index in [1.54, 1.807) is 31.2 Å². The van der Waals surface area contributed by atoms with E-state index in [-0.39, 0.29) is 30.8 Å². The average molecular weight is 386 g/mol. The first-order chi connectivity index (χ1) is 13.4. The molecule has 1 N–H and O–H groups in total. The summed E-state index contributed by atoms with van der Waals surface area (Å²) >= 11 is 0. The average Bonchev–Trinajstić information content (AvgIpc) is 2.70. The molecular formula is C22H27FN2O3. The lowest BCUT2D eigenvalue weighted by Crippen LogP contribution is -2.49. The number of nitrogens with zero attached hydrogens (tertiary/aromatic N) is 1. The van der Waals surface area contributed by atoms with E-state index in [1.807, 2.05) is 32.0 Å². The molecular weight excluding hydrogens is 359 g/mol. The van der Waals surface area contributed by atoms with Crippen LogP contribution in [0, 0.1) is 11.7 Å². The van der Waals surface area contributed by atoms with Crippen molar-refractivity contribution in [1.82, 2.24) is 10.2 Å². The van der Waals surface area contributed by atoms with Crippen LogP contribution in [0.1, 0.15) is 26.3 Å². The summed E-state index contributed by atoms with van der Waals surface area (Å²) in [4.78, 5) is 26.8. The maximum atomic E-state index is 13.2. The van der Waals surface area contributed by atoms with Gasteiger partial charge in [0, 0.05) is 13.1 Å². The molecule has 0 aliphatic heterocycles. The smallest absolute Gasteiger partial charge is 0.261 e. The molecule has 0 unspecified atom stereocenters. The van der Waals surface area contributed by atoms with Crippen molar-refractivity contribution in [1.29, 1.82) is 0 Å². The van der Waals surface area contributed by atoms with Crippen molar-refractivity contribution >= 4 is 11.8 Å². The van der Waals surface area contributed by atoms with E-state index in [0.717, 1.165) is 5.56 Å². The topological polar surface area (TPSA) is 58.6 Å². The molecule has 0 fully saturated rings. The van der Waals surface area contributed by atoms with Crippen molar-refractivity contribution < 1.29 is 18.7 Å². The molecule has 2 aromatic rings. The van der Waals surface area contributed by atoms with Crippen LogP contribution in [0.15, 0.2) is 54.6 Å². The summed E-state index contributed by atoms with van der Waals surface area (Å²) < 4.78 is 18.7. The van der Waals surface area contributed by atoms with Gasteiger partial charge in [0.1, 0.15) is 17.6 Å². The van der Waals surface area contributed by atoms with Gasteiger partial charge >= 0.3 is 0 Å². The van der Waals surface area contributed by atoms with Gasteiger partial charge in [-0.05, 0) is 42.7 Å². The Morgan fingerprint density at radius 2 is 1.68 bits per heavy atom. The van der Waals surface area contributed by atoms with Crippen molar-refractivity contribution in [3.8, 4) is 5.75 Å². The first kappa shape index (κ1) is 21.4. The fourth-order valence-corrected chi connectivity index (χ4v) is 2.57. The minimum absolute atomic E-state index is 0.187. The molecule has 6 heteroatoms. The van der Waals surface area contributed by atoms with Crippen LogP contribution >= 0.6 is 0 Å². The molecule has 0 saturated heterocycles. The number of hydrogen-bond donors (Lipinski definition) is 1. The summed E-state index contributed by atoms with van der Waals surface area (Å²) in [5.74, 6) is -0.0191. The number of hydrogen-bond acceptors (Lipinski definition) is 3. The van der Waals surface area contributed by atoms with Gasteiger partial charge in [-0.1, -0.05) is 44.2 Å². The highest BCUT2D eigenvalue weighted by molar-refractivity contribution is 5.87. The molecule has 0 radical (unpaired) electrons. The third-order valence-electron chi connectivity index (χ3n) is 4.22. The Bertz CT molecular complexity index is 763. The van der Waals surface area contributed by atoms with Crippen LogP contribution in [-0.2, 0) is 16.1 Å². The number of benzene rings is 2. The quantitative estimate of drug-likeness (QED) is 0.719. The van der Waals surface area contributed by atoms with Crippen LogP contribution in [0.5, 0.6) is 5.75 Å². The van der Waals surface area contributed by atoms with Gasteiger partial charge in [-0.25, -0.2) is 4.39 Å². The maximum absolute atomic E-state index is 13.2. The van der Waals surface area contributed by atoms with Crippen molar-refractivity contribution in [2.45, 2.75) is 33.4 Å². The van der Waals surface area contributed by atoms with Gasteiger partial charge in [0.15, 0.2) is 6.61 Å². The predicted octanol–water partition coefficient (Wildman–Crippen LogP) is 3.39. The highest BCUT2D eigenvalue weighted by atomic mass is 19.1. The lowest BCUT2D eigenvalue weighted by molar-refractivity contribution is -0.142. The largest absolute Gasteiger partial charge is 0.484 e. The highest BCUT2D eigenvalue weighted by Crippen LogP contribution is 2.13. The van der Waals surface area contributed by atoms with E-state index in [1.165, 1.54) is 17.0 Å². The minimum Gasteiger partial charge on any atom is -0.484 e. The van der Waals surface area contributed by atoms with Crippen LogP contribution in [0.2, 0.25) is 0 Å². The first-order valence-electron chi connectivity index (χ1n) is 9.36. The lowest BCUT2D eigenvalue weighted by atomic mass is 10.1. The third-order valence-corrected chi connectivity index (χ3v) is 4.22. The zero-order valence-corrected chi connectivity index (χ0v) is 16.5. The van der Waals surface area contributed by atoms with Gasteiger partial charge in [-0.3, -0.25) is 9.59 Å². The Kier molecular flexibility index (Phi) is 7.99. The van der Waals surface area contributed by atoms with E-state index >= 15 is 0 Å². The summed E-state index contributed by atoms with van der Waals surface area (Å²) in [7, 11) is 0. The number of para-hydroxylation sites is 1. The van der Waals surface area contributed by atoms with Gasteiger partial charge in [-0.2, -0.15) is 0 Å². The molecule has 0 heterocycles. The Labute approximate surface area is 165 Å². The van der Waals surface area contributed by atoms with Crippen LogP contribution in [0.25, 0.3) is 0 Å². The van der Waals surface area contributed by atoms with Crippen LogP contribution in [0.3, 0.4) is 0 Å². The van der Waals surface area contributed by atoms with Gasteiger partial charge < -0.3 is 15.0 Å². The van der Waals surface area contributed by atoms with Gasteiger partial charge in [-0.15, -0.1) is 0 Å². The fraction of sp³-hybridized carbons (Fsp3) is 0.364. The molecule has 0 saturated carbocycles. The second-order valence-electron chi connectivity index (χ2n) is 7.06. The van der Waals surface area contributed by atoms with E-state index in [4.69, 9.17) is 4.74 Å². The van der Waals surface area contributed by atoms with E-state index in [0.29, 0.717) is 18.2 Å². The number of rotatable bonds is 9. The van der Waals surface area contributed by atoms with Crippen molar-refractivity contribution in [2.75, 3.05) is 13.2 Å². The summed E-state index contributed by atoms with van der Waals surface area (Å²) in [6.45, 7) is 6.21. The number of ether oxygens (including phenoxy) is 1. The molecule has 2 amide bonds. The molecule has 0 spiro atoms. The molecule has 28 heavy (non-hydrogen) atoms. The number of amides is 2. The van der Waals surface area contributed by atoms with Gasteiger partial charge in [0.25, 0.3) is 5.91 Å². The van der Waals surface area contributed by atoms with Crippen molar-refractivity contribution in [2.24, 2.45) is 5.92 Å². The molecule has 0 aliphatic rings. The zero-order valence-electron chi connectivity index (χ0n) is 16.5. The zero-order chi connectivity index (χ0) is 20.5. The van der Waals surface area contributed by atoms with E-state index < -0.39 is 6.04 Å². The SMILES string of the molecule is CC(C)CNC(=O)[C@H](C)N(Cc1ccc(F)cc1)C(=O)COc1ccccc1. The normalized spacial score (nSPS) is 11.8. The second-order valence-corrected chi connectivity index (χ2v) is 7.06. The number of halogens is 1. The van der Waals surface area contributed by atoms with Crippen molar-refractivity contribution in [3.63, 3.8) is 0 Å². The molecule has 5 nitrogen and oxygen atoms in total. The third kappa shape index (κ3) is 6.68. The van der Waals surface area contributed by atoms with Crippen LogP contribution < -0.4 is 10.1 Å². The van der Waals surface area contributed by atoms with Crippen molar-refractivity contribution in [3.05, 3.63) is 66.0 Å². The van der Waals surface area contributed by atoms with Gasteiger partial charge in [0.2, 0.25) is 5.91 Å². The Morgan fingerprint density at radius 1 is 1.04 bits per heavy atom. The molecule has 2 rings (SSSR count). The summed E-state index contributed by atoms with van der Waals surface area (Å²) in [5.41, 5.74) is 0.734. The summed E-state index contributed by atoms with van der Waals surface area (Å²) in [5, 5.41) is 2.85. The summed E-state index contributed by atoms with van der Waals surface area (Å²) in [6.07, 6.45) is 0.